The van der Waals surface area contributed by atoms with E-state index in [9.17, 15) is 19.7 Å². The second-order valence-electron chi connectivity index (χ2n) is 14.7. The largest absolute Gasteiger partial charge is 0.486 e. The van der Waals surface area contributed by atoms with Crippen molar-refractivity contribution in [1.82, 2.24) is 30.2 Å². The molecule has 18 heteroatoms. The standard InChI is InChI=1S/C20H24N4O6.C20H26N4O4/c1-22-7-9-23(10-8-22)12-14-5-6-18(29-14)20(25)21-11-15-13-28-17-4-2-3-16(24(26)27)19(17)30-15;1-23-7-9-24(10-8-23)12-14-5-6-18(27-14)20(25)22-11-15-13-26-17-4-2-3-16(21)19(17)28-15/h2-6,15H,7-13H2,1H3,(H,21,25);2-6,15H,7-13,21H2,1H3,(H,22,25). The smallest absolute Gasteiger partial charge is 0.314 e. The summed E-state index contributed by atoms with van der Waals surface area (Å²) < 4.78 is 34.2. The van der Waals surface area contributed by atoms with E-state index in [-0.39, 0.29) is 48.3 Å². The SMILES string of the molecule is CN1CCN(Cc2ccc(C(=O)NCC3COc4cccc(N)c4O3)o2)CC1.CN1CCN(Cc2ccc(C(=O)NCC3COc4cccc([N+](=O)[O-])c4O3)o2)CC1. The van der Waals surface area contributed by atoms with Crippen LogP contribution in [0.2, 0.25) is 0 Å². The third-order valence-corrected chi connectivity index (χ3v) is 10.3. The summed E-state index contributed by atoms with van der Waals surface area (Å²) in [6.45, 7) is 10.4. The minimum atomic E-state index is -0.540. The van der Waals surface area contributed by atoms with Crippen LogP contribution in [-0.2, 0) is 13.1 Å². The maximum Gasteiger partial charge on any atom is 0.314 e. The minimum absolute atomic E-state index is 0.0838. The van der Waals surface area contributed by atoms with Crippen LogP contribution in [0.15, 0.2) is 69.5 Å². The van der Waals surface area contributed by atoms with Gasteiger partial charge in [0.05, 0.1) is 36.8 Å². The first-order valence-electron chi connectivity index (χ1n) is 19.4. The van der Waals surface area contributed by atoms with Crippen molar-refractivity contribution in [2.45, 2.75) is 25.3 Å². The first kappa shape index (κ1) is 40.4. The molecule has 2 unspecified atom stereocenters. The van der Waals surface area contributed by atoms with Gasteiger partial charge in [0.1, 0.15) is 24.7 Å². The number of carbonyl (C=O) groups is 2. The summed E-state index contributed by atoms with van der Waals surface area (Å²) in [5.74, 6) is 3.01. The van der Waals surface area contributed by atoms with Gasteiger partial charge in [-0.2, -0.15) is 0 Å². The number of nitrogens with zero attached hydrogens (tertiary/aromatic N) is 5. The molecule has 8 rings (SSSR count). The number of piperazine rings is 2. The number of para-hydroxylation sites is 2. The van der Waals surface area contributed by atoms with Gasteiger partial charge >= 0.3 is 5.69 Å². The molecule has 2 aromatic carbocycles. The lowest BCUT2D eigenvalue weighted by atomic mass is 10.2. The van der Waals surface area contributed by atoms with Crippen molar-refractivity contribution in [2.24, 2.45) is 0 Å². The second kappa shape index (κ2) is 18.6. The highest BCUT2D eigenvalue weighted by Gasteiger charge is 2.30. The molecule has 58 heavy (non-hydrogen) atoms. The molecular formula is C40H50N8O10. The lowest BCUT2D eigenvalue weighted by Gasteiger charge is -2.31. The van der Waals surface area contributed by atoms with E-state index in [1.165, 1.54) is 6.07 Å². The van der Waals surface area contributed by atoms with Gasteiger partial charge in [0.15, 0.2) is 41.0 Å². The molecule has 2 fully saturated rings. The Hall–Kier alpha value is -5.82. The van der Waals surface area contributed by atoms with Crippen LogP contribution in [-0.4, -0.2) is 141 Å². The maximum absolute atomic E-state index is 12.4. The van der Waals surface area contributed by atoms with E-state index in [1.54, 1.807) is 30.3 Å². The van der Waals surface area contributed by atoms with Crippen LogP contribution in [0.4, 0.5) is 11.4 Å². The Kier molecular flexibility index (Phi) is 13.0. The number of nitrogen functional groups attached to an aromatic ring is 1. The fourth-order valence-corrected chi connectivity index (χ4v) is 6.83. The van der Waals surface area contributed by atoms with E-state index in [4.69, 9.17) is 33.5 Å². The van der Waals surface area contributed by atoms with Crippen LogP contribution in [0, 0.1) is 10.1 Å². The highest BCUT2D eigenvalue weighted by molar-refractivity contribution is 5.92. The molecule has 18 nitrogen and oxygen atoms in total. The van der Waals surface area contributed by atoms with Crippen molar-refractivity contribution in [1.29, 1.82) is 0 Å². The summed E-state index contributed by atoms with van der Waals surface area (Å²) in [6.07, 6.45) is -0.844. The number of furan rings is 2. The lowest BCUT2D eigenvalue weighted by Crippen LogP contribution is -2.43. The van der Waals surface area contributed by atoms with Gasteiger partial charge in [0.2, 0.25) is 5.75 Å². The van der Waals surface area contributed by atoms with Gasteiger partial charge in [-0.05, 0) is 56.6 Å². The van der Waals surface area contributed by atoms with Gasteiger partial charge in [0, 0.05) is 58.4 Å². The fourth-order valence-electron chi connectivity index (χ4n) is 6.83. The molecule has 0 saturated carbocycles. The normalized spacial score (nSPS) is 19.8. The van der Waals surface area contributed by atoms with Gasteiger partial charge in [0.25, 0.3) is 11.8 Å². The van der Waals surface area contributed by atoms with Gasteiger partial charge in [-0.1, -0.05) is 12.1 Å². The molecule has 4 aromatic rings. The average molecular weight is 803 g/mol. The number of nitrogens with two attached hydrogens (primary N) is 1. The molecule has 0 spiro atoms. The van der Waals surface area contributed by atoms with E-state index in [0.29, 0.717) is 48.4 Å². The number of hydrogen-bond donors (Lipinski definition) is 3. The van der Waals surface area contributed by atoms with Crippen molar-refractivity contribution in [3.8, 4) is 23.0 Å². The van der Waals surface area contributed by atoms with Gasteiger partial charge in [-0.25, -0.2) is 0 Å². The molecule has 2 saturated heterocycles. The number of carbonyl (C=O) groups excluding carboxylic acids is 2. The molecular weight excluding hydrogens is 752 g/mol. The quantitative estimate of drug-likeness (QED) is 0.113. The predicted molar refractivity (Wildman–Crippen MR) is 211 cm³/mol. The Balaban J connectivity index is 0.000000177. The van der Waals surface area contributed by atoms with Crippen molar-refractivity contribution in [2.75, 3.05) is 98.5 Å². The molecule has 4 aliphatic rings. The Morgan fingerprint density at radius 2 is 1.16 bits per heavy atom. The first-order chi connectivity index (χ1) is 28.1. The first-order valence-corrected chi connectivity index (χ1v) is 19.4. The van der Waals surface area contributed by atoms with Gasteiger partial charge in [-0.15, -0.1) is 0 Å². The number of fused-ring (bicyclic) bond motifs is 2. The number of benzene rings is 2. The molecule has 6 heterocycles. The number of anilines is 1. The number of likely N-dealkylation sites (N-methyl/N-ethyl adjacent to an activating group) is 2. The Bertz CT molecular complexity index is 2040. The number of hydrogen-bond acceptors (Lipinski definition) is 15. The third-order valence-electron chi connectivity index (χ3n) is 10.3. The Labute approximate surface area is 335 Å². The van der Waals surface area contributed by atoms with Crippen LogP contribution in [0.3, 0.4) is 0 Å². The zero-order chi connectivity index (χ0) is 40.6. The Morgan fingerprint density at radius 1 is 0.690 bits per heavy atom. The van der Waals surface area contributed by atoms with E-state index < -0.39 is 11.0 Å². The molecule has 2 amide bonds. The molecule has 0 aliphatic carbocycles. The van der Waals surface area contributed by atoms with E-state index in [2.05, 4.69) is 44.3 Å². The molecule has 4 aliphatic heterocycles. The van der Waals surface area contributed by atoms with E-state index in [0.717, 1.165) is 70.4 Å². The van der Waals surface area contributed by atoms with Crippen LogP contribution in [0.5, 0.6) is 23.0 Å². The van der Waals surface area contributed by atoms with Crippen LogP contribution in [0.25, 0.3) is 0 Å². The zero-order valence-electron chi connectivity index (χ0n) is 32.7. The van der Waals surface area contributed by atoms with E-state index in [1.807, 2.05) is 24.3 Å². The summed E-state index contributed by atoms with van der Waals surface area (Å²) in [4.78, 5) is 44.7. The average Bonchev–Trinajstić information content (AvgIpc) is 3.91. The molecule has 310 valence electrons. The summed E-state index contributed by atoms with van der Waals surface area (Å²) in [5, 5.41) is 16.8. The third kappa shape index (κ3) is 10.4. The highest BCUT2D eigenvalue weighted by atomic mass is 16.6. The molecule has 2 atom stereocenters. The second-order valence-corrected chi connectivity index (χ2v) is 14.7. The molecule has 4 N–H and O–H groups in total. The minimum Gasteiger partial charge on any atom is -0.486 e. The molecule has 0 bridgehead atoms. The lowest BCUT2D eigenvalue weighted by molar-refractivity contribution is -0.386. The monoisotopic (exact) mass is 802 g/mol. The van der Waals surface area contributed by atoms with Crippen LogP contribution >= 0.6 is 0 Å². The Morgan fingerprint density at radius 3 is 1.66 bits per heavy atom. The van der Waals surface area contributed by atoms with Crippen molar-refractivity contribution in [3.05, 3.63) is 93.8 Å². The number of amides is 2. The fraction of sp³-hybridized carbons (Fsp3) is 0.450. The van der Waals surface area contributed by atoms with Crippen LogP contribution < -0.4 is 35.3 Å². The molecule has 0 radical (unpaired) electrons. The maximum atomic E-state index is 12.4. The highest BCUT2D eigenvalue weighted by Crippen LogP contribution is 2.40. The van der Waals surface area contributed by atoms with Crippen LogP contribution in [0.1, 0.15) is 32.6 Å². The number of nitro groups is 1. The number of nitrogens with one attached hydrogen (secondary N) is 2. The predicted octanol–water partition coefficient (Wildman–Crippen LogP) is 2.68. The van der Waals surface area contributed by atoms with Crippen molar-refractivity contribution in [3.63, 3.8) is 0 Å². The van der Waals surface area contributed by atoms with Crippen molar-refractivity contribution < 1.29 is 42.3 Å². The topological polar surface area (TPSA) is 204 Å². The summed E-state index contributed by atoms with van der Waals surface area (Å²) >= 11 is 0. The summed E-state index contributed by atoms with van der Waals surface area (Å²) in [6, 6.07) is 16.9. The zero-order valence-corrected chi connectivity index (χ0v) is 32.7. The van der Waals surface area contributed by atoms with E-state index >= 15 is 0 Å². The van der Waals surface area contributed by atoms with Crippen molar-refractivity contribution >= 4 is 23.2 Å². The summed E-state index contributed by atoms with van der Waals surface area (Å²) in [7, 11) is 4.23. The number of rotatable bonds is 11. The molecule has 2 aromatic heterocycles. The number of ether oxygens (including phenoxy) is 4. The number of nitro benzene ring substituents is 1. The van der Waals surface area contributed by atoms with Gasteiger partial charge < -0.3 is 53.9 Å². The van der Waals surface area contributed by atoms with Gasteiger partial charge in [-0.3, -0.25) is 29.5 Å². The summed E-state index contributed by atoms with van der Waals surface area (Å²) in [5.41, 5.74) is 6.28.